The average Bonchev–Trinajstić information content (AvgIpc) is 3.12. The number of amides is 2. The van der Waals surface area contributed by atoms with Crippen LogP contribution in [0.2, 0.25) is 10.0 Å². The first-order valence-corrected chi connectivity index (χ1v) is 8.02. The molecule has 0 N–H and O–H groups in total. The quantitative estimate of drug-likeness (QED) is 0.591. The van der Waals surface area contributed by atoms with Crippen molar-refractivity contribution in [2.75, 3.05) is 6.54 Å². The second-order valence-electron chi connectivity index (χ2n) is 5.27. The molecule has 0 aliphatic carbocycles. The molecule has 1 aliphatic rings. The molecule has 2 heterocycles. The Hall–Kier alpha value is -1.92. The summed E-state index contributed by atoms with van der Waals surface area (Å²) in [5, 5.41) is 4.45. The lowest BCUT2D eigenvalue weighted by molar-refractivity contribution is 0.0651. The maximum atomic E-state index is 12.4. The van der Waals surface area contributed by atoms with E-state index in [9.17, 15) is 9.59 Å². The minimum atomic E-state index is -0.367. The maximum absolute atomic E-state index is 12.4. The molecule has 23 heavy (non-hydrogen) atoms. The molecule has 1 aromatic heterocycles. The van der Waals surface area contributed by atoms with Crippen molar-refractivity contribution in [3.8, 4) is 0 Å². The summed E-state index contributed by atoms with van der Waals surface area (Å²) >= 11 is 12.0. The van der Waals surface area contributed by atoms with Crippen LogP contribution in [0.15, 0.2) is 24.8 Å². The first kappa shape index (κ1) is 16.0. The second-order valence-corrected chi connectivity index (χ2v) is 6.05. The van der Waals surface area contributed by atoms with Gasteiger partial charge in [-0.2, -0.15) is 5.10 Å². The number of benzene rings is 1. The smallest absolute Gasteiger partial charge is 0.263 e. The number of aromatic nitrogens is 3. The third kappa shape index (κ3) is 3.09. The Morgan fingerprint density at radius 2 is 1.78 bits per heavy atom. The largest absolute Gasteiger partial charge is 0.274 e. The Kier molecular flexibility index (Phi) is 4.63. The number of carbonyl (C=O) groups excluding carboxylic acids is 2. The Morgan fingerprint density at radius 3 is 2.52 bits per heavy atom. The van der Waals surface area contributed by atoms with Gasteiger partial charge in [-0.3, -0.25) is 19.2 Å². The van der Waals surface area contributed by atoms with Gasteiger partial charge < -0.3 is 0 Å². The summed E-state index contributed by atoms with van der Waals surface area (Å²) in [7, 11) is 0. The summed E-state index contributed by atoms with van der Waals surface area (Å²) in [5.41, 5.74) is 0.541. The highest BCUT2D eigenvalue weighted by molar-refractivity contribution is 6.45. The minimum absolute atomic E-state index is 0.149. The van der Waals surface area contributed by atoms with Crippen LogP contribution in [0.5, 0.6) is 0 Å². The molecular weight excluding hydrogens is 339 g/mol. The van der Waals surface area contributed by atoms with Gasteiger partial charge in [-0.1, -0.05) is 23.2 Å². The zero-order valence-electron chi connectivity index (χ0n) is 12.2. The number of fused-ring (bicyclic) bond motifs is 1. The van der Waals surface area contributed by atoms with Gasteiger partial charge in [0.05, 0.1) is 21.2 Å². The van der Waals surface area contributed by atoms with Crippen molar-refractivity contribution < 1.29 is 9.59 Å². The molecule has 0 saturated heterocycles. The molecule has 6 nitrogen and oxygen atoms in total. The molecule has 0 saturated carbocycles. The van der Waals surface area contributed by atoms with Gasteiger partial charge in [0.1, 0.15) is 12.7 Å². The van der Waals surface area contributed by atoms with Crippen molar-refractivity contribution in [3.05, 3.63) is 46.0 Å². The fraction of sp³-hybridized carbons (Fsp3) is 0.333. The lowest BCUT2D eigenvalue weighted by Crippen LogP contribution is -2.30. The summed E-state index contributed by atoms with van der Waals surface area (Å²) in [5.74, 6) is -0.673. The first-order chi connectivity index (χ1) is 11.1. The Morgan fingerprint density at radius 1 is 1.00 bits per heavy atom. The Bertz CT molecular complexity index is 746. The van der Waals surface area contributed by atoms with Crippen LogP contribution in [0, 0.1) is 0 Å². The summed E-state index contributed by atoms with van der Waals surface area (Å²) in [6.07, 6.45) is 5.66. The van der Waals surface area contributed by atoms with Crippen LogP contribution in [-0.2, 0) is 6.54 Å². The number of aryl methyl sites for hydroxylation is 1. The van der Waals surface area contributed by atoms with E-state index >= 15 is 0 Å². The molecule has 3 rings (SSSR count). The Labute approximate surface area is 143 Å². The highest BCUT2D eigenvalue weighted by Gasteiger charge is 2.37. The van der Waals surface area contributed by atoms with E-state index in [1.54, 1.807) is 17.1 Å². The fourth-order valence-corrected chi connectivity index (χ4v) is 2.99. The zero-order chi connectivity index (χ0) is 16.4. The normalized spacial score (nSPS) is 13.7. The second kappa shape index (κ2) is 6.68. The van der Waals surface area contributed by atoms with Gasteiger partial charge in [-0.05, 0) is 31.4 Å². The van der Waals surface area contributed by atoms with Crippen LogP contribution < -0.4 is 0 Å². The summed E-state index contributed by atoms with van der Waals surface area (Å²) in [6, 6.07) is 3.09. The fourth-order valence-electron chi connectivity index (χ4n) is 2.58. The van der Waals surface area contributed by atoms with Crippen molar-refractivity contribution in [2.24, 2.45) is 0 Å². The van der Waals surface area contributed by atoms with E-state index < -0.39 is 0 Å². The first-order valence-electron chi connectivity index (χ1n) is 7.26. The van der Waals surface area contributed by atoms with Crippen molar-refractivity contribution in [2.45, 2.75) is 25.8 Å². The maximum Gasteiger partial charge on any atom is 0.263 e. The molecule has 1 aromatic carbocycles. The predicted octanol–water partition coefficient (Wildman–Crippen LogP) is 3.05. The third-order valence-electron chi connectivity index (χ3n) is 3.76. The summed E-state index contributed by atoms with van der Waals surface area (Å²) in [6.45, 7) is 1.14. The average molecular weight is 353 g/mol. The number of carbonyl (C=O) groups is 2. The molecule has 0 unspecified atom stereocenters. The highest BCUT2D eigenvalue weighted by Crippen LogP contribution is 2.34. The van der Waals surface area contributed by atoms with Crippen LogP contribution in [0.3, 0.4) is 0 Å². The van der Waals surface area contributed by atoms with Crippen molar-refractivity contribution in [1.29, 1.82) is 0 Å². The van der Waals surface area contributed by atoms with Gasteiger partial charge in [0.2, 0.25) is 0 Å². The molecule has 120 valence electrons. The molecule has 0 radical (unpaired) electrons. The van der Waals surface area contributed by atoms with Gasteiger partial charge >= 0.3 is 0 Å². The van der Waals surface area contributed by atoms with Gasteiger partial charge in [0.15, 0.2) is 0 Å². The Balaban J connectivity index is 1.56. The van der Waals surface area contributed by atoms with Crippen LogP contribution in [0.1, 0.15) is 40.0 Å². The minimum Gasteiger partial charge on any atom is -0.274 e. The third-order valence-corrected chi connectivity index (χ3v) is 4.57. The van der Waals surface area contributed by atoms with Crippen LogP contribution in [0.25, 0.3) is 0 Å². The van der Waals surface area contributed by atoms with Gasteiger partial charge in [0, 0.05) is 13.1 Å². The molecule has 0 bridgehead atoms. The molecule has 0 atom stereocenters. The number of imide groups is 1. The monoisotopic (exact) mass is 352 g/mol. The van der Waals surface area contributed by atoms with Crippen LogP contribution >= 0.6 is 23.2 Å². The number of rotatable bonds is 6. The van der Waals surface area contributed by atoms with Gasteiger partial charge in [0.25, 0.3) is 11.8 Å². The van der Waals surface area contributed by atoms with Gasteiger partial charge in [-0.25, -0.2) is 4.98 Å². The van der Waals surface area contributed by atoms with E-state index in [1.807, 2.05) is 0 Å². The van der Waals surface area contributed by atoms with Gasteiger partial charge in [-0.15, -0.1) is 0 Å². The summed E-state index contributed by atoms with van der Waals surface area (Å²) in [4.78, 5) is 29.8. The predicted molar refractivity (Wildman–Crippen MR) is 85.7 cm³/mol. The molecule has 0 fully saturated rings. The van der Waals surface area contributed by atoms with Crippen LogP contribution in [0.4, 0.5) is 0 Å². The standard InChI is InChI=1S/C15H14Cl2N4O2/c16-11-5-4-10-12(13(11)17)15(23)21(14(10)22)7-3-1-2-6-20-9-18-8-19-20/h4-5,8-9H,1-3,6-7H2. The molecule has 0 spiro atoms. The van der Waals surface area contributed by atoms with Crippen LogP contribution in [-0.4, -0.2) is 38.0 Å². The van der Waals surface area contributed by atoms with Crippen molar-refractivity contribution in [3.63, 3.8) is 0 Å². The molecule has 2 aromatic rings. The van der Waals surface area contributed by atoms with E-state index in [4.69, 9.17) is 23.2 Å². The molecular formula is C15H14Cl2N4O2. The van der Waals surface area contributed by atoms with E-state index in [0.717, 1.165) is 25.8 Å². The summed E-state index contributed by atoms with van der Waals surface area (Å²) < 4.78 is 1.75. The van der Waals surface area contributed by atoms with Crippen molar-refractivity contribution >= 4 is 35.0 Å². The zero-order valence-corrected chi connectivity index (χ0v) is 13.7. The van der Waals surface area contributed by atoms with E-state index in [1.165, 1.54) is 17.3 Å². The van der Waals surface area contributed by atoms with E-state index in [-0.39, 0.29) is 27.4 Å². The SMILES string of the molecule is O=C1c2ccc(Cl)c(Cl)c2C(=O)N1CCCCCn1cncn1. The highest BCUT2D eigenvalue weighted by atomic mass is 35.5. The molecule has 2 amide bonds. The number of nitrogens with zero attached hydrogens (tertiary/aromatic N) is 4. The van der Waals surface area contributed by atoms with E-state index in [0.29, 0.717) is 12.1 Å². The molecule has 1 aliphatic heterocycles. The lowest BCUT2D eigenvalue weighted by Gasteiger charge is -2.13. The number of hydrogen-bond acceptors (Lipinski definition) is 4. The number of halogens is 2. The topological polar surface area (TPSA) is 68.1 Å². The molecule has 8 heteroatoms. The van der Waals surface area contributed by atoms with E-state index in [2.05, 4.69) is 10.1 Å². The number of hydrogen-bond donors (Lipinski definition) is 0. The lowest BCUT2D eigenvalue weighted by atomic mass is 10.1. The number of unbranched alkanes of at least 4 members (excludes halogenated alkanes) is 2. The van der Waals surface area contributed by atoms with Crippen molar-refractivity contribution in [1.82, 2.24) is 19.7 Å².